The third-order valence-corrected chi connectivity index (χ3v) is 21.1. The van der Waals surface area contributed by atoms with Crippen molar-refractivity contribution < 1.29 is 29.2 Å². The fraction of sp³-hybridized carbons (Fsp3) is 0.714. The van der Waals surface area contributed by atoms with Crippen LogP contribution in [-0.4, -0.2) is 67.1 Å². The summed E-state index contributed by atoms with van der Waals surface area (Å²) in [5.41, 5.74) is 2.17. The number of hydrogen-bond acceptors (Lipinski definition) is 6. The van der Waals surface area contributed by atoms with Gasteiger partial charge < -0.3 is 29.2 Å². The zero-order chi connectivity index (χ0) is 40.0. The second kappa shape index (κ2) is 16.7. The van der Waals surface area contributed by atoms with Crippen LogP contribution < -0.4 is 10.4 Å². The minimum absolute atomic E-state index is 0.0622. The van der Waals surface area contributed by atoms with E-state index in [4.69, 9.17) is 13.9 Å². The van der Waals surface area contributed by atoms with Gasteiger partial charge in [-0.25, -0.2) is 0 Å². The molecule has 2 aromatic carbocycles. The summed E-state index contributed by atoms with van der Waals surface area (Å²) in [5, 5.41) is 35.7. The van der Waals surface area contributed by atoms with E-state index in [9.17, 15) is 15.3 Å². The van der Waals surface area contributed by atoms with E-state index in [0.717, 1.165) is 59.2 Å². The highest BCUT2D eigenvalue weighted by molar-refractivity contribution is 6.99. The summed E-state index contributed by atoms with van der Waals surface area (Å²) in [7, 11) is -2.92. The van der Waals surface area contributed by atoms with E-state index in [1.54, 1.807) is 0 Å². The summed E-state index contributed by atoms with van der Waals surface area (Å²) < 4.78 is 20.2. The number of benzene rings is 2. The minimum Gasteiger partial charge on any atom is -0.405 e. The highest BCUT2D eigenvalue weighted by Gasteiger charge is 2.60. The largest absolute Gasteiger partial charge is 0.405 e. The van der Waals surface area contributed by atoms with Crippen LogP contribution in [0.1, 0.15) is 126 Å². The lowest BCUT2D eigenvalue weighted by Crippen LogP contribution is -2.68. The zero-order valence-electron chi connectivity index (χ0n) is 35.8. The average molecular weight is 787 g/mol. The van der Waals surface area contributed by atoms with Crippen LogP contribution in [0.25, 0.3) is 0 Å². The zero-order valence-corrected chi connectivity index (χ0v) is 36.8. The lowest BCUT2D eigenvalue weighted by atomic mass is 9.47. The topological polar surface area (TPSA) is 88.4 Å². The molecular weight excluding hydrogens is 713 g/mol. The van der Waals surface area contributed by atoms with E-state index in [1.165, 1.54) is 56.9 Å². The van der Waals surface area contributed by atoms with Crippen molar-refractivity contribution in [1.82, 2.24) is 0 Å². The number of hydrogen-bond donors (Lipinski definition) is 3. The molecule has 4 aliphatic carbocycles. The van der Waals surface area contributed by atoms with Gasteiger partial charge in [-0.05, 0) is 113 Å². The van der Waals surface area contributed by atoms with Gasteiger partial charge in [0.1, 0.15) is 24.4 Å². The Morgan fingerprint density at radius 2 is 1.46 bits per heavy atom. The predicted octanol–water partition coefficient (Wildman–Crippen LogP) is 8.80. The molecule has 2 aromatic rings. The molecule has 1 heterocycles. The molecule has 3 saturated carbocycles. The summed E-state index contributed by atoms with van der Waals surface area (Å²) in [6.07, 6.45) is 10.0. The van der Waals surface area contributed by atoms with Crippen molar-refractivity contribution in [3.63, 3.8) is 0 Å². The molecule has 0 amide bonds. The Balaban J connectivity index is 1.03. The van der Waals surface area contributed by atoms with E-state index >= 15 is 0 Å². The van der Waals surface area contributed by atoms with Crippen molar-refractivity contribution in [3.05, 3.63) is 72.3 Å². The van der Waals surface area contributed by atoms with Gasteiger partial charge in [0.05, 0.1) is 12.7 Å². The number of aliphatic hydroxyl groups is 3. The lowest BCUT2D eigenvalue weighted by molar-refractivity contribution is -0.312. The summed E-state index contributed by atoms with van der Waals surface area (Å²) in [4.78, 5) is 0. The second-order valence-electron chi connectivity index (χ2n) is 20.8. The van der Waals surface area contributed by atoms with E-state index < -0.39 is 39.0 Å². The third-order valence-electron chi connectivity index (χ3n) is 16.1. The number of allylic oxidation sites excluding steroid dienone is 1. The monoisotopic (exact) mass is 787 g/mol. The van der Waals surface area contributed by atoms with Crippen molar-refractivity contribution in [2.45, 2.75) is 168 Å². The van der Waals surface area contributed by atoms with Crippen molar-refractivity contribution in [3.8, 4) is 0 Å². The Morgan fingerprint density at radius 3 is 2.09 bits per heavy atom. The molecule has 310 valence electrons. The number of aliphatic hydroxyl groups excluding tert-OH is 3. The Labute approximate surface area is 340 Å². The molecule has 1 aliphatic heterocycles. The SMILES string of the molecule is CC(C)CCC[C@@H](C)[C@H]1CC[C@H]2[C@@H]3CC=C4C[C@@H](O[C@@H]5O[C@H](CO[Si](c6ccccc6)(c6ccccc6)C(C)(C)C)[C@H](O)[C@H](O)[C@H]5O)CC[C@]4(C)[C@H]3CC[C@]12C. The Kier molecular flexibility index (Phi) is 12.6. The van der Waals surface area contributed by atoms with Crippen LogP contribution in [-0.2, 0) is 13.9 Å². The Morgan fingerprint density at radius 1 is 0.804 bits per heavy atom. The smallest absolute Gasteiger partial charge is 0.261 e. The molecule has 0 radical (unpaired) electrons. The molecule has 4 fully saturated rings. The van der Waals surface area contributed by atoms with Gasteiger partial charge in [-0.3, -0.25) is 0 Å². The first-order valence-corrected chi connectivity index (χ1v) is 24.3. The second-order valence-corrected chi connectivity index (χ2v) is 25.1. The van der Waals surface area contributed by atoms with Crippen LogP contribution >= 0.6 is 0 Å². The quantitative estimate of drug-likeness (QED) is 0.147. The van der Waals surface area contributed by atoms with Gasteiger partial charge in [0.15, 0.2) is 6.29 Å². The van der Waals surface area contributed by atoms with Gasteiger partial charge >= 0.3 is 0 Å². The van der Waals surface area contributed by atoms with Gasteiger partial charge in [-0.1, -0.05) is 147 Å². The normalized spacial score (nSPS) is 38.0. The van der Waals surface area contributed by atoms with Crippen molar-refractivity contribution >= 4 is 18.7 Å². The highest BCUT2D eigenvalue weighted by Crippen LogP contribution is 2.67. The van der Waals surface area contributed by atoms with Gasteiger partial charge in [0.25, 0.3) is 8.32 Å². The molecule has 7 rings (SSSR count). The maximum absolute atomic E-state index is 11.3. The minimum atomic E-state index is -2.92. The fourth-order valence-corrected chi connectivity index (χ4v) is 17.7. The van der Waals surface area contributed by atoms with Gasteiger partial charge in [0.2, 0.25) is 0 Å². The number of rotatable bonds is 12. The summed E-state index contributed by atoms with van der Waals surface area (Å²) in [6.45, 7) is 19.2. The van der Waals surface area contributed by atoms with Crippen molar-refractivity contribution in [2.75, 3.05) is 6.61 Å². The molecule has 0 spiro atoms. The Bertz CT molecular complexity index is 1580. The molecule has 0 aromatic heterocycles. The molecule has 7 heteroatoms. The fourth-order valence-electron chi connectivity index (χ4n) is 13.1. The molecule has 6 nitrogen and oxygen atoms in total. The van der Waals surface area contributed by atoms with Crippen LogP contribution in [0, 0.1) is 46.3 Å². The Hall–Kier alpha value is -1.84. The third kappa shape index (κ3) is 7.70. The van der Waals surface area contributed by atoms with Gasteiger partial charge in [-0.15, -0.1) is 0 Å². The van der Waals surface area contributed by atoms with Crippen LogP contribution in [0.2, 0.25) is 5.04 Å². The maximum Gasteiger partial charge on any atom is 0.261 e. The predicted molar refractivity (Wildman–Crippen MR) is 228 cm³/mol. The maximum atomic E-state index is 11.3. The van der Waals surface area contributed by atoms with E-state index in [1.807, 2.05) is 12.1 Å². The van der Waals surface area contributed by atoms with Gasteiger partial charge in [-0.2, -0.15) is 0 Å². The van der Waals surface area contributed by atoms with E-state index in [0.29, 0.717) is 11.3 Å². The van der Waals surface area contributed by atoms with Crippen molar-refractivity contribution in [1.29, 1.82) is 0 Å². The summed E-state index contributed by atoms with van der Waals surface area (Å²) >= 11 is 0. The molecular formula is C49H74O6Si. The van der Waals surface area contributed by atoms with E-state index in [2.05, 4.69) is 110 Å². The first-order chi connectivity index (χ1) is 26.6. The van der Waals surface area contributed by atoms with Crippen LogP contribution in [0.4, 0.5) is 0 Å². The number of ether oxygens (including phenoxy) is 2. The standard InChI is InChI=1S/C49H74O6Si/c1-32(2)16-15-17-33(3)39-24-25-40-38-23-22-34-30-35(26-28-48(34,7)41(38)27-29-49(39,40)8)54-46-45(52)44(51)43(50)42(55-46)31-53-56(47(4,5)6,36-18-11-9-12-19-36)37-20-13-10-14-21-37/h9-14,18-22,32-33,35,38-46,50-52H,15-17,23-31H2,1-8H3/t33-,35+,38+,39-,40+,41+,42-,43+,44+,45-,46-,48+,49-/m1/s1. The summed E-state index contributed by atoms with van der Waals surface area (Å²) in [6, 6.07) is 20.8. The first kappa shape index (κ1) is 42.3. The van der Waals surface area contributed by atoms with Crippen LogP contribution in [0.5, 0.6) is 0 Å². The number of fused-ring (bicyclic) bond motifs is 5. The molecule has 0 unspecified atom stereocenters. The molecule has 56 heavy (non-hydrogen) atoms. The summed E-state index contributed by atoms with van der Waals surface area (Å²) in [5.74, 6) is 4.78. The first-order valence-electron chi connectivity index (χ1n) is 22.4. The molecule has 13 atom stereocenters. The van der Waals surface area contributed by atoms with Crippen LogP contribution in [0.3, 0.4) is 0 Å². The van der Waals surface area contributed by atoms with Crippen molar-refractivity contribution in [2.24, 2.45) is 46.3 Å². The van der Waals surface area contributed by atoms with E-state index in [-0.39, 0.29) is 23.2 Å². The molecule has 0 bridgehead atoms. The highest BCUT2D eigenvalue weighted by atomic mass is 28.4. The van der Waals surface area contributed by atoms with Crippen LogP contribution in [0.15, 0.2) is 72.3 Å². The molecule has 3 N–H and O–H groups in total. The lowest BCUT2D eigenvalue weighted by Gasteiger charge is -2.58. The molecule has 1 saturated heterocycles. The van der Waals surface area contributed by atoms with Gasteiger partial charge in [0, 0.05) is 0 Å². The average Bonchev–Trinajstić information content (AvgIpc) is 3.53. The molecule has 5 aliphatic rings.